The molecule has 0 atom stereocenters. The summed E-state index contributed by atoms with van der Waals surface area (Å²) in [6.07, 6.45) is 0. The number of primary amides is 1. The number of rotatable bonds is 5. The fourth-order valence-electron chi connectivity index (χ4n) is 4.98. The third-order valence-electron chi connectivity index (χ3n) is 7.58. The highest BCUT2D eigenvalue weighted by atomic mass is 16.2. The van der Waals surface area contributed by atoms with E-state index in [1.807, 2.05) is 33.8 Å². The third-order valence-corrected chi connectivity index (χ3v) is 7.58. The van der Waals surface area contributed by atoms with E-state index in [1.165, 1.54) is 9.80 Å². The standard InChI is InChI=1S/C17H18N6O2.C17H16N6O/c1-9-7-11(14(18)24)5-6-12(9)15-20-17-19-13(16(25)22(3)4)8-10(2)23(17)21-15;1-10-7-12(9-18)5-6-13(10)15-20-17-19-14(16(24)22(3)4)8-11(2)23(17)21-15/h5-8H,1-4H3,(H2,18,24);5-8H,1-4H3. The Balaban J connectivity index is 0.000000191. The van der Waals surface area contributed by atoms with E-state index < -0.39 is 5.91 Å². The van der Waals surface area contributed by atoms with Gasteiger partial charge in [-0.2, -0.15) is 15.2 Å². The monoisotopic (exact) mass is 658 g/mol. The summed E-state index contributed by atoms with van der Waals surface area (Å²) in [5.74, 6) is 0.844. The van der Waals surface area contributed by atoms with Crippen LogP contribution in [0.25, 0.3) is 34.3 Å². The first-order valence-corrected chi connectivity index (χ1v) is 15.0. The number of nitriles is 1. The molecular formula is C34H34N12O3. The molecule has 15 heteroatoms. The average Bonchev–Trinajstić information content (AvgIpc) is 3.69. The predicted molar refractivity (Wildman–Crippen MR) is 181 cm³/mol. The second kappa shape index (κ2) is 13.3. The molecule has 0 saturated heterocycles. The van der Waals surface area contributed by atoms with E-state index in [1.54, 1.807) is 79.7 Å². The Morgan fingerprint density at radius 1 is 0.673 bits per heavy atom. The molecule has 0 saturated carbocycles. The number of amides is 3. The Hall–Kier alpha value is -6.56. The zero-order valence-corrected chi connectivity index (χ0v) is 28.3. The van der Waals surface area contributed by atoms with E-state index in [0.29, 0.717) is 45.7 Å². The molecular weight excluding hydrogens is 624 g/mol. The van der Waals surface area contributed by atoms with Crippen LogP contribution < -0.4 is 5.73 Å². The molecule has 0 fully saturated rings. The van der Waals surface area contributed by atoms with Crippen LogP contribution in [0.15, 0.2) is 48.5 Å². The zero-order valence-electron chi connectivity index (χ0n) is 28.3. The second-order valence-corrected chi connectivity index (χ2v) is 11.8. The highest BCUT2D eigenvalue weighted by molar-refractivity contribution is 5.94. The first-order chi connectivity index (χ1) is 23.2. The van der Waals surface area contributed by atoms with Crippen molar-refractivity contribution < 1.29 is 14.4 Å². The lowest BCUT2D eigenvalue weighted by atomic mass is 10.0. The van der Waals surface area contributed by atoms with E-state index in [2.05, 4.69) is 36.2 Å². The van der Waals surface area contributed by atoms with Gasteiger partial charge < -0.3 is 15.5 Å². The van der Waals surface area contributed by atoms with Crippen molar-refractivity contribution in [2.75, 3.05) is 28.2 Å². The SMILES string of the molecule is Cc1cc(C#N)ccc1-c1nc2nc(C(=O)N(C)C)cc(C)n2n1.Cc1cc(C(N)=O)ccc1-c1nc2nc(C(=O)N(C)C)cc(C)n2n1. The molecule has 248 valence electrons. The number of hydrogen-bond acceptors (Lipinski definition) is 10. The summed E-state index contributed by atoms with van der Waals surface area (Å²) in [5.41, 5.74) is 11.8. The number of carbonyl (C=O) groups is 3. The van der Waals surface area contributed by atoms with Crippen LogP contribution in [0.2, 0.25) is 0 Å². The Morgan fingerprint density at radius 2 is 1.12 bits per heavy atom. The molecule has 6 aromatic rings. The Bertz CT molecular complexity index is 2330. The summed E-state index contributed by atoms with van der Waals surface area (Å²) in [7, 11) is 6.70. The maximum Gasteiger partial charge on any atom is 0.272 e. The van der Waals surface area contributed by atoms with Crippen LogP contribution in [0, 0.1) is 39.0 Å². The van der Waals surface area contributed by atoms with E-state index in [9.17, 15) is 14.4 Å². The quantitative estimate of drug-likeness (QED) is 0.287. The molecule has 0 aliphatic heterocycles. The van der Waals surface area contributed by atoms with Crippen LogP contribution in [0.5, 0.6) is 0 Å². The van der Waals surface area contributed by atoms with Crippen LogP contribution in [0.4, 0.5) is 0 Å². The van der Waals surface area contributed by atoms with Crippen LogP contribution in [0.3, 0.4) is 0 Å². The second-order valence-electron chi connectivity index (χ2n) is 11.8. The van der Waals surface area contributed by atoms with Crippen molar-refractivity contribution in [2.24, 2.45) is 5.73 Å². The lowest BCUT2D eigenvalue weighted by Crippen LogP contribution is -2.23. The van der Waals surface area contributed by atoms with Gasteiger partial charge in [-0.15, -0.1) is 10.2 Å². The van der Waals surface area contributed by atoms with Crippen LogP contribution in [-0.2, 0) is 0 Å². The summed E-state index contributed by atoms with van der Waals surface area (Å²) in [4.78, 5) is 56.0. The fourth-order valence-corrected chi connectivity index (χ4v) is 4.98. The first kappa shape index (κ1) is 33.8. The van der Waals surface area contributed by atoms with Crippen LogP contribution in [0.1, 0.15) is 59.4 Å². The highest BCUT2D eigenvalue weighted by Gasteiger charge is 2.18. The van der Waals surface area contributed by atoms with Gasteiger partial charge in [0.05, 0.1) is 11.6 Å². The molecule has 3 amide bonds. The van der Waals surface area contributed by atoms with E-state index in [0.717, 1.165) is 33.6 Å². The largest absolute Gasteiger partial charge is 0.366 e. The summed E-state index contributed by atoms with van der Waals surface area (Å²) >= 11 is 0. The van der Waals surface area contributed by atoms with Gasteiger partial charge in [0, 0.05) is 56.3 Å². The summed E-state index contributed by atoms with van der Waals surface area (Å²) < 4.78 is 3.20. The molecule has 15 nitrogen and oxygen atoms in total. The van der Waals surface area contributed by atoms with Gasteiger partial charge in [-0.25, -0.2) is 19.0 Å². The van der Waals surface area contributed by atoms with Gasteiger partial charge in [-0.05, 0) is 81.3 Å². The highest BCUT2D eigenvalue weighted by Crippen LogP contribution is 2.24. The lowest BCUT2D eigenvalue weighted by Gasteiger charge is -2.09. The van der Waals surface area contributed by atoms with E-state index in [4.69, 9.17) is 11.0 Å². The number of nitrogens with zero attached hydrogens (tertiary/aromatic N) is 11. The van der Waals surface area contributed by atoms with Gasteiger partial charge in [0.2, 0.25) is 5.91 Å². The minimum atomic E-state index is -0.484. The normalized spacial score (nSPS) is 10.8. The summed E-state index contributed by atoms with van der Waals surface area (Å²) in [6.45, 7) is 7.45. The number of nitrogens with two attached hydrogens (primary N) is 1. The number of carbonyl (C=O) groups excluding carboxylic acids is 3. The Kier molecular flexibility index (Phi) is 9.16. The van der Waals surface area contributed by atoms with Gasteiger partial charge in [0.15, 0.2) is 11.6 Å². The van der Waals surface area contributed by atoms with Gasteiger partial charge >= 0.3 is 0 Å². The minimum Gasteiger partial charge on any atom is -0.366 e. The topological polar surface area (TPSA) is 194 Å². The fraction of sp³-hybridized carbons (Fsp3) is 0.235. The van der Waals surface area contributed by atoms with Crippen molar-refractivity contribution in [3.05, 3.63) is 93.6 Å². The molecule has 0 spiro atoms. The maximum atomic E-state index is 12.1. The molecule has 0 aliphatic carbocycles. The molecule has 0 bridgehead atoms. The Morgan fingerprint density at radius 3 is 1.51 bits per heavy atom. The van der Waals surface area contributed by atoms with Gasteiger partial charge in [-0.1, -0.05) is 6.07 Å². The van der Waals surface area contributed by atoms with Crippen molar-refractivity contribution in [1.29, 1.82) is 5.26 Å². The zero-order chi connectivity index (χ0) is 35.7. The number of aryl methyl sites for hydroxylation is 4. The maximum absolute atomic E-state index is 12.1. The molecule has 0 unspecified atom stereocenters. The number of hydrogen-bond donors (Lipinski definition) is 1. The summed E-state index contributed by atoms with van der Waals surface area (Å²) in [6, 6.07) is 15.9. The number of benzene rings is 2. The number of aromatic nitrogens is 8. The molecule has 4 aromatic heterocycles. The first-order valence-electron chi connectivity index (χ1n) is 15.0. The molecule has 2 N–H and O–H groups in total. The van der Waals surface area contributed by atoms with Crippen molar-refractivity contribution in [3.63, 3.8) is 0 Å². The Labute approximate surface area is 281 Å². The molecule has 4 heterocycles. The van der Waals surface area contributed by atoms with Gasteiger partial charge in [0.25, 0.3) is 23.4 Å². The predicted octanol–water partition coefficient (Wildman–Crippen LogP) is 3.19. The van der Waals surface area contributed by atoms with Crippen molar-refractivity contribution >= 4 is 29.3 Å². The van der Waals surface area contributed by atoms with Crippen molar-refractivity contribution in [1.82, 2.24) is 49.0 Å². The van der Waals surface area contributed by atoms with Crippen LogP contribution in [-0.4, -0.2) is 94.9 Å². The smallest absolute Gasteiger partial charge is 0.272 e. The molecule has 6 rings (SSSR count). The van der Waals surface area contributed by atoms with E-state index >= 15 is 0 Å². The van der Waals surface area contributed by atoms with Crippen LogP contribution >= 0.6 is 0 Å². The van der Waals surface area contributed by atoms with Gasteiger partial charge in [0.1, 0.15) is 11.4 Å². The van der Waals surface area contributed by atoms with E-state index in [-0.39, 0.29) is 11.8 Å². The van der Waals surface area contributed by atoms with Crippen molar-refractivity contribution in [2.45, 2.75) is 27.7 Å². The van der Waals surface area contributed by atoms with Crippen molar-refractivity contribution in [3.8, 4) is 28.8 Å². The molecule has 49 heavy (non-hydrogen) atoms. The average molecular weight is 659 g/mol. The summed E-state index contributed by atoms with van der Waals surface area (Å²) in [5, 5.41) is 17.9. The minimum absolute atomic E-state index is 0.181. The molecule has 0 aliphatic rings. The lowest BCUT2D eigenvalue weighted by molar-refractivity contribution is 0.0815. The van der Waals surface area contributed by atoms with Gasteiger partial charge in [-0.3, -0.25) is 14.4 Å². The number of fused-ring (bicyclic) bond motifs is 2. The molecule has 0 radical (unpaired) electrons. The third kappa shape index (κ3) is 6.79. The molecule has 2 aromatic carbocycles.